The largest absolute Gasteiger partial charge is 0.360 e. The van der Waals surface area contributed by atoms with Gasteiger partial charge in [0.15, 0.2) is 0 Å². The zero-order chi connectivity index (χ0) is 17.4. The van der Waals surface area contributed by atoms with Crippen LogP contribution in [-0.2, 0) is 0 Å². The predicted octanol–water partition coefficient (Wildman–Crippen LogP) is 5.05. The third kappa shape index (κ3) is 3.06. The smallest absolute Gasteiger partial charge is 0.258 e. The molecule has 1 N–H and O–H groups in total. The van der Waals surface area contributed by atoms with Gasteiger partial charge >= 0.3 is 0 Å². The van der Waals surface area contributed by atoms with E-state index in [-0.39, 0.29) is 12.1 Å². The third-order valence-electron chi connectivity index (χ3n) is 5.27. The molecule has 4 nitrogen and oxygen atoms in total. The zero-order valence-corrected chi connectivity index (χ0v) is 15.9. The maximum atomic E-state index is 13.1. The van der Waals surface area contributed by atoms with Crippen molar-refractivity contribution in [2.24, 2.45) is 0 Å². The number of carbonyl (C=O) groups excluding carboxylic acids is 1. The van der Waals surface area contributed by atoms with Crippen molar-refractivity contribution in [1.29, 1.82) is 0 Å². The average molecular weight is 400 g/mol. The summed E-state index contributed by atoms with van der Waals surface area (Å²) < 4.78 is 1.09. The lowest BCUT2D eigenvalue weighted by Crippen LogP contribution is -2.42. The van der Waals surface area contributed by atoms with E-state index in [4.69, 9.17) is 0 Å². The van der Waals surface area contributed by atoms with E-state index in [2.05, 4.69) is 39.2 Å². The lowest BCUT2D eigenvalue weighted by Gasteiger charge is -2.36. The molecule has 0 bridgehead atoms. The number of hydrogen-bond acceptors (Lipinski definition) is 3. The number of carbonyl (C=O) groups is 1. The molecular weight excluding hydrogens is 378 g/mol. The van der Waals surface area contributed by atoms with E-state index < -0.39 is 0 Å². The molecule has 5 heteroatoms. The SMILES string of the molecule is Cc1cc(N[C@@H]2c3ncccc3C(=O)N2C2CCCCC2)ccc1Br. The fraction of sp³-hybridized carbons (Fsp3) is 0.400. The van der Waals surface area contributed by atoms with Gasteiger partial charge in [0.2, 0.25) is 0 Å². The van der Waals surface area contributed by atoms with Crippen LogP contribution in [0.2, 0.25) is 0 Å². The van der Waals surface area contributed by atoms with Gasteiger partial charge in [0.1, 0.15) is 6.17 Å². The van der Waals surface area contributed by atoms with E-state index >= 15 is 0 Å². The van der Waals surface area contributed by atoms with Gasteiger partial charge in [-0.3, -0.25) is 9.78 Å². The Kier molecular flexibility index (Phi) is 4.50. The van der Waals surface area contributed by atoms with Crippen molar-refractivity contribution in [3.05, 3.63) is 57.8 Å². The third-order valence-corrected chi connectivity index (χ3v) is 6.16. The molecule has 130 valence electrons. The number of anilines is 1. The highest BCUT2D eigenvalue weighted by atomic mass is 79.9. The van der Waals surface area contributed by atoms with Gasteiger partial charge in [-0.15, -0.1) is 0 Å². The fourth-order valence-corrected chi connectivity index (χ4v) is 4.22. The van der Waals surface area contributed by atoms with Gasteiger partial charge in [-0.05, 0) is 55.7 Å². The standard InChI is InChI=1S/C20H22BrN3O/c1-13-12-14(9-10-17(13)21)23-19-18-16(8-5-11-22-18)20(25)24(19)15-6-3-2-4-7-15/h5,8-12,15,19,23H,2-4,6-7H2,1H3/t19-/m0/s1. The molecule has 4 rings (SSSR count). The van der Waals surface area contributed by atoms with Crippen LogP contribution in [0, 0.1) is 6.92 Å². The number of halogens is 1. The van der Waals surface area contributed by atoms with Crippen LogP contribution in [-0.4, -0.2) is 21.8 Å². The summed E-state index contributed by atoms with van der Waals surface area (Å²) in [6.07, 6.45) is 7.41. The summed E-state index contributed by atoms with van der Waals surface area (Å²) in [5, 5.41) is 3.56. The van der Waals surface area contributed by atoms with E-state index in [0.717, 1.165) is 34.3 Å². The first kappa shape index (κ1) is 16.6. The number of aromatic nitrogens is 1. The van der Waals surface area contributed by atoms with E-state index in [9.17, 15) is 4.79 Å². The highest BCUT2D eigenvalue weighted by Crippen LogP contribution is 2.38. The first-order valence-electron chi connectivity index (χ1n) is 8.95. The first-order chi connectivity index (χ1) is 12.1. The number of fused-ring (bicyclic) bond motifs is 1. The molecule has 0 spiro atoms. The quantitative estimate of drug-likeness (QED) is 0.784. The molecular formula is C20H22BrN3O. The molecule has 1 aromatic heterocycles. The van der Waals surface area contributed by atoms with Gasteiger partial charge < -0.3 is 10.2 Å². The van der Waals surface area contributed by atoms with Crippen LogP contribution in [0.5, 0.6) is 0 Å². The number of benzene rings is 1. The van der Waals surface area contributed by atoms with Gasteiger partial charge in [-0.25, -0.2) is 0 Å². The molecule has 2 aromatic rings. The fourth-order valence-electron chi connectivity index (χ4n) is 3.97. The summed E-state index contributed by atoms with van der Waals surface area (Å²) in [6.45, 7) is 2.07. The lowest BCUT2D eigenvalue weighted by molar-refractivity contribution is 0.0599. The Hall–Kier alpha value is -1.88. The number of nitrogens with one attached hydrogen (secondary N) is 1. The molecule has 1 aliphatic carbocycles. The highest BCUT2D eigenvalue weighted by molar-refractivity contribution is 9.10. The molecule has 2 aliphatic rings. The molecule has 0 unspecified atom stereocenters. The molecule has 1 saturated carbocycles. The minimum Gasteiger partial charge on any atom is -0.360 e. The maximum Gasteiger partial charge on any atom is 0.258 e. The molecule has 25 heavy (non-hydrogen) atoms. The molecule has 0 radical (unpaired) electrons. The second kappa shape index (κ2) is 6.79. The zero-order valence-electron chi connectivity index (χ0n) is 14.3. The van der Waals surface area contributed by atoms with Crippen molar-refractivity contribution in [2.75, 3.05) is 5.32 Å². The van der Waals surface area contributed by atoms with E-state index in [1.54, 1.807) is 6.20 Å². The Morgan fingerprint density at radius 2 is 2.00 bits per heavy atom. The molecule has 0 saturated heterocycles. The van der Waals surface area contributed by atoms with Crippen LogP contribution in [0.4, 0.5) is 5.69 Å². The number of hydrogen-bond donors (Lipinski definition) is 1. The van der Waals surface area contributed by atoms with Crippen LogP contribution in [0.3, 0.4) is 0 Å². The van der Waals surface area contributed by atoms with Gasteiger partial charge in [0, 0.05) is 22.4 Å². The van der Waals surface area contributed by atoms with Crippen molar-refractivity contribution >= 4 is 27.5 Å². The van der Waals surface area contributed by atoms with Crippen LogP contribution in [0.1, 0.15) is 59.9 Å². The first-order valence-corrected chi connectivity index (χ1v) is 9.75. The number of aryl methyl sites for hydroxylation is 1. The average Bonchev–Trinajstić information content (AvgIpc) is 2.91. The topological polar surface area (TPSA) is 45.2 Å². The summed E-state index contributed by atoms with van der Waals surface area (Å²) in [5.74, 6) is 0.112. The van der Waals surface area contributed by atoms with Gasteiger partial charge in [0.05, 0.1) is 11.3 Å². The van der Waals surface area contributed by atoms with E-state index in [0.29, 0.717) is 6.04 Å². The number of pyridine rings is 1. The summed E-state index contributed by atoms with van der Waals surface area (Å²) in [5.41, 5.74) is 3.76. The summed E-state index contributed by atoms with van der Waals surface area (Å²) in [7, 11) is 0. The minimum absolute atomic E-state index is 0.112. The van der Waals surface area contributed by atoms with Crippen molar-refractivity contribution < 1.29 is 4.79 Å². The number of nitrogens with zero attached hydrogens (tertiary/aromatic N) is 2. The van der Waals surface area contributed by atoms with Crippen molar-refractivity contribution in [1.82, 2.24) is 9.88 Å². The minimum atomic E-state index is -0.188. The van der Waals surface area contributed by atoms with Gasteiger partial charge in [-0.1, -0.05) is 35.2 Å². The predicted molar refractivity (Wildman–Crippen MR) is 103 cm³/mol. The highest BCUT2D eigenvalue weighted by Gasteiger charge is 2.41. The monoisotopic (exact) mass is 399 g/mol. The molecule has 2 heterocycles. The van der Waals surface area contributed by atoms with Gasteiger partial charge in [0.25, 0.3) is 5.91 Å². The van der Waals surface area contributed by atoms with Crippen LogP contribution >= 0.6 is 15.9 Å². The van der Waals surface area contributed by atoms with Crippen molar-refractivity contribution in [2.45, 2.75) is 51.2 Å². The van der Waals surface area contributed by atoms with Crippen LogP contribution in [0.15, 0.2) is 41.0 Å². The molecule has 1 aliphatic heterocycles. The Labute approximate surface area is 156 Å². The van der Waals surface area contributed by atoms with Crippen LogP contribution in [0.25, 0.3) is 0 Å². The normalized spacial score (nSPS) is 20.6. The molecule has 1 amide bonds. The molecule has 1 fully saturated rings. The Morgan fingerprint density at radius 1 is 1.20 bits per heavy atom. The van der Waals surface area contributed by atoms with E-state index in [1.807, 2.05) is 29.2 Å². The molecule has 1 atom stereocenters. The molecule has 1 aromatic carbocycles. The second-order valence-electron chi connectivity index (χ2n) is 6.95. The maximum absolute atomic E-state index is 13.1. The Bertz CT molecular complexity index is 801. The van der Waals surface area contributed by atoms with Gasteiger partial charge in [-0.2, -0.15) is 0 Å². The van der Waals surface area contributed by atoms with Crippen molar-refractivity contribution in [3.8, 4) is 0 Å². The summed E-state index contributed by atoms with van der Waals surface area (Å²) >= 11 is 3.55. The van der Waals surface area contributed by atoms with Crippen molar-refractivity contribution in [3.63, 3.8) is 0 Å². The number of rotatable bonds is 3. The Balaban J connectivity index is 1.69. The van der Waals surface area contributed by atoms with Crippen LogP contribution < -0.4 is 5.32 Å². The summed E-state index contributed by atoms with van der Waals surface area (Å²) in [6, 6.07) is 10.2. The Morgan fingerprint density at radius 3 is 2.76 bits per heavy atom. The lowest BCUT2D eigenvalue weighted by atomic mass is 9.94. The summed E-state index contributed by atoms with van der Waals surface area (Å²) in [4.78, 5) is 19.6. The second-order valence-corrected chi connectivity index (χ2v) is 7.81. The van der Waals surface area contributed by atoms with E-state index in [1.165, 1.54) is 24.8 Å². The number of amides is 1.